The van der Waals surface area contributed by atoms with Crippen molar-refractivity contribution < 1.29 is 14.3 Å². The number of amides is 1. The van der Waals surface area contributed by atoms with Crippen LogP contribution in [-0.2, 0) is 6.54 Å². The number of imidazole rings is 1. The van der Waals surface area contributed by atoms with E-state index in [1.807, 2.05) is 59.2 Å². The molecule has 6 heteroatoms. The average molecular weight is 387 g/mol. The summed E-state index contributed by atoms with van der Waals surface area (Å²) in [6.45, 7) is 0.596. The maximum Gasteiger partial charge on any atom is 0.258 e. The summed E-state index contributed by atoms with van der Waals surface area (Å²) in [4.78, 5) is 17.6. The first kappa shape index (κ1) is 18.6. The van der Waals surface area contributed by atoms with Crippen LogP contribution < -0.4 is 14.8 Å². The fourth-order valence-electron chi connectivity index (χ4n) is 3.21. The van der Waals surface area contributed by atoms with Gasteiger partial charge in [0, 0.05) is 11.6 Å². The Morgan fingerprint density at radius 2 is 1.59 bits per heavy atom. The van der Waals surface area contributed by atoms with Gasteiger partial charge in [-0.25, -0.2) is 4.98 Å². The van der Waals surface area contributed by atoms with Crippen molar-refractivity contribution in [3.8, 4) is 11.5 Å². The molecule has 0 spiro atoms. The van der Waals surface area contributed by atoms with E-state index in [1.54, 1.807) is 32.4 Å². The number of ether oxygens (including phenoxy) is 2. The van der Waals surface area contributed by atoms with E-state index in [1.165, 1.54) is 0 Å². The molecule has 0 aliphatic heterocycles. The van der Waals surface area contributed by atoms with Crippen molar-refractivity contribution >= 4 is 22.9 Å². The van der Waals surface area contributed by atoms with Gasteiger partial charge in [-0.15, -0.1) is 0 Å². The monoisotopic (exact) mass is 387 g/mol. The van der Waals surface area contributed by atoms with Crippen molar-refractivity contribution in [2.75, 3.05) is 19.5 Å². The third-order valence-corrected chi connectivity index (χ3v) is 4.68. The van der Waals surface area contributed by atoms with Crippen molar-refractivity contribution in [2.24, 2.45) is 0 Å². The third-order valence-electron chi connectivity index (χ3n) is 4.68. The van der Waals surface area contributed by atoms with Crippen LogP contribution in [0.1, 0.15) is 15.9 Å². The van der Waals surface area contributed by atoms with Gasteiger partial charge in [-0.1, -0.05) is 42.5 Å². The van der Waals surface area contributed by atoms with Crippen LogP contribution in [0.5, 0.6) is 11.5 Å². The van der Waals surface area contributed by atoms with Gasteiger partial charge >= 0.3 is 0 Å². The Labute approximate surface area is 168 Å². The molecule has 1 amide bonds. The summed E-state index contributed by atoms with van der Waals surface area (Å²) in [5.41, 5.74) is 3.32. The van der Waals surface area contributed by atoms with Crippen LogP contribution in [0.4, 0.5) is 5.95 Å². The second-order valence-corrected chi connectivity index (χ2v) is 6.55. The summed E-state index contributed by atoms with van der Waals surface area (Å²) in [5, 5.41) is 2.94. The van der Waals surface area contributed by atoms with Crippen molar-refractivity contribution in [3.05, 3.63) is 83.9 Å². The Hall–Kier alpha value is -3.80. The van der Waals surface area contributed by atoms with E-state index in [2.05, 4.69) is 10.3 Å². The number of hydrogen-bond acceptors (Lipinski definition) is 4. The van der Waals surface area contributed by atoms with Crippen LogP contribution in [0.3, 0.4) is 0 Å². The summed E-state index contributed by atoms with van der Waals surface area (Å²) < 4.78 is 12.5. The molecule has 0 aliphatic rings. The number of carbonyl (C=O) groups is 1. The molecule has 0 saturated heterocycles. The lowest BCUT2D eigenvalue weighted by Crippen LogP contribution is -2.16. The fraction of sp³-hybridized carbons (Fsp3) is 0.130. The van der Waals surface area contributed by atoms with Crippen LogP contribution in [0.2, 0.25) is 0 Å². The molecule has 6 nitrogen and oxygen atoms in total. The zero-order valence-corrected chi connectivity index (χ0v) is 16.3. The Morgan fingerprint density at radius 1 is 0.931 bits per heavy atom. The number of carbonyl (C=O) groups excluding carboxylic acids is 1. The number of aromatic nitrogens is 2. The number of rotatable bonds is 6. The molecule has 0 unspecified atom stereocenters. The molecule has 0 atom stereocenters. The van der Waals surface area contributed by atoms with Crippen molar-refractivity contribution in [1.29, 1.82) is 0 Å². The van der Waals surface area contributed by atoms with E-state index in [4.69, 9.17) is 9.47 Å². The molecule has 146 valence electrons. The molecule has 0 bridgehead atoms. The predicted molar refractivity (Wildman–Crippen MR) is 113 cm³/mol. The summed E-state index contributed by atoms with van der Waals surface area (Å²) in [6, 6.07) is 23.0. The van der Waals surface area contributed by atoms with Crippen molar-refractivity contribution in [1.82, 2.24) is 9.55 Å². The van der Waals surface area contributed by atoms with Gasteiger partial charge < -0.3 is 14.0 Å². The molecule has 1 heterocycles. The Kier molecular flexibility index (Phi) is 5.16. The van der Waals surface area contributed by atoms with Gasteiger partial charge in [-0.2, -0.15) is 0 Å². The molecule has 0 saturated carbocycles. The minimum absolute atomic E-state index is 0.285. The minimum Gasteiger partial charge on any atom is -0.497 e. The number of anilines is 1. The van der Waals surface area contributed by atoms with Gasteiger partial charge in [0.1, 0.15) is 11.5 Å². The van der Waals surface area contributed by atoms with Crippen molar-refractivity contribution in [3.63, 3.8) is 0 Å². The molecule has 0 aliphatic carbocycles. The fourth-order valence-corrected chi connectivity index (χ4v) is 3.21. The van der Waals surface area contributed by atoms with Gasteiger partial charge in [-0.3, -0.25) is 10.1 Å². The van der Waals surface area contributed by atoms with Crippen LogP contribution in [-0.4, -0.2) is 29.7 Å². The highest BCUT2D eigenvalue weighted by Gasteiger charge is 2.16. The van der Waals surface area contributed by atoms with Gasteiger partial charge in [0.15, 0.2) is 0 Å². The smallest absolute Gasteiger partial charge is 0.258 e. The lowest BCUT2D eigenvalue weighted by Gasteiger charge is -2.12. The SMILES string of the molecule is COc1cc(OC)cc(C(=O)Nc2nc3ccccc3n2Cc2ccccc2)c1. The maximum atomic E-state index is 13.0. The topological polar surface area (TPSA) is 65.4 Å². The second kappa shape index (κ2) is 8.06. The number of fused-ring (bicyclic) bond motifs is 1. The van der Waals surface area contributed by atoms with Crippen LogP contribution in [0.25, 0.3) is 11.0 Å². The van der Waals surface area contributed by atoms with Gasteiger partial charge in [-0.05, 0) is 29.8 Å². The first-order valence-electron chi connectivity index (χ1n) is 9.21. The van der Waals surface area contributed by atoms with Crippen LogP contribution >= 0.6 is 0 Å². The standard InChI is InChI=1S/C23H21N3O3/c1-28-18-12-17(13-19(14-18)29-2)22(27)25-23-24-20-10-6-7-11-21(20)26(23)15-16-8-4-3-5-9-16/h3-14H,15H2,1-2H3,(H,24,25,27). The highest BCUT2D eigenvalue weighted by atomic mass is 16.5. The highest BCUT2D eigenvalue weighted by Crippen LogP contribution is 2.25. The van der Waals surface area contributed by atoms with Gasteiger partial charge in [0.25, 0.3) is 5.91 Å². The van der Waals surface area contributed by atoms with Crippen molar-refractivity contribution in [2.45, 2.75) is 6.54 Å². The zero-order chi connectivity index (χ0) is 20.2. The number of hydrogen-bond donors (Lipinski definition) is 1. The first-order chi connectivity index (χ1) is 14.2. The number of nitrogens with one attached hydrogen (secondary N) is 1. The number of methoxy groups -OCH3 is 2. The molecule has 3 aromatic carbocycles. The zero-order valence-electron chi connectivity index (χ0n) is 16.3. The molecule has 29 heavy (non-hydrogen) atoms. The first-order valence-corrected chi connectivity index (χ1v) is 9.21. The maximum absolute atomic E-state index is 13.0. The van der Waals surface area contributed by atoms with E-state index in [9.17, 15) is 4.79 Å². The number of para-hydroxylation sites is 2. The van der Waals surface area contributed by atoms with E-state index in [0.717, 1.165) is 16.6 Å². The lowest BCUT2D eigenvalue weighted by molar-refractivity contribution is 0.102. The summed E-state index contributed by atoms with van der Waals surface area (Å²) in [7, 11) is 3.10. The summed E-state index contributed by atoms with van der Waals surface area (Å²) in [6.07, 6.45) is 0. The quantitative estimate of drug-likeness (QED) is 0.534. The minimum atomic E-state index is -0.285. The summed E-state index contributed by atoms with van der Waals surface area (Å²) in [5.74, 6) is 1.30. The molecule has 1 N–H and O–H groups in total. The summed E-state index contributed by atoms with van der Waals surface area (Å²) >= 11 is 0. The third kappa shape index (κ3) is 3.91. The van der Waals surface area contributed by atoms with E-state index < -0.39 is 0 Å². The Bertz CT molecular complexity index is 1130. The normalized spacial score (nSPS) is 10.7. The highest BCUT2D eigenvalue weighted by molar-refractivity contribution is 6.04. The molecule has 4 aromatic rings. The second-order valence-electron chi connectivity index (χ2n) is 6.55. The Balaban J connectivity index is 1.71. The molecule has 4 rings (SSSR count). The van der Waals surface area contributed by atoms with E-state index >= 15 is 0 Å². The molecular formula is C23H21N3O3. The van der Waals surface area contributed by atoms with Crippen LogP contribution in [0.15, 0.2) is 72.8 Å². The van der Waals surface area contributed by atoms with E-state index in [0.29, 0.717) is 29.6 Å². The number of nitrogens with zero attached hydrogens (tertiary/aromatic N) is 2. The van der Waals surface area contributed by atoms with Gasteiger partial charge in [0.05, 0.1) is 31.8 Å². The molecule has 0 radical (unpaired) electrons. The largest absolute Gasteiger partial charge is 0.497 e. The predicted octanol–water partition coefficient (Wildman–Crippen LogP) is 4.35. The molecular weight excluding hydrogens is 366 g/mol. The van der Waals surface area contributed by atoms with E-state index in [-0.39, 0.29) is 5.91 Å². The molecule has 1 aromatic heterocycles. The molecule has 0 fully saturated rings. The van der Waals surface area contributed by atoms with Gasteiger partial charge in [0.2, 0.25) is 5.95 Å². The van der Waals surface area contributed by atoms with Crippen LogP contribution in [0, 0.1) is 0 Å². The Morgan fingerprint density at radius 3 is 2.28 bits per heavy atom. The lowest BCUT2D eigenvalue weighted by atomic mass is 10.2. The number of benzene rings is 3. The average Bonchev–Trinajstić information content (AvgIpc) is 3.11.